The molecule has 1 aliphatic carbocycles. The van der Waals surface area contributed by atoms with Crippen LogP contribution < -0.4 is 0 Å². The summed E-state index contributed by atoms with van der Waals surface area (Å²) in [6.45, 7) is 1.48. The molecule has 0 unspecified atom stereocenters. The number of aromatic nitrogens is 2. The van der Waals surface area contributed by atoms with Gasteiger partial charge >= 0.3 is 0 Å². The van der Waals surface area contributed by atoms with E-state index in [-0.39, 0.29) is 17.9 Å². The minimum absolute atomic E-state index is 0.0249. The zero-order valence-corrected chi connectivity index (χ0v) is 14.1. The first-order chi connectivity index (χ1) is 11.6. The largest absolute Gasteiger partial charge is 0.344 e. The van der Waals surface area contributed by atoms with Crippen molar-refractivity contribution in [2.45, 2.75) is 44.4 Å². The summed E-state index contributed by atoms with van der Waals surface area (Å²) in [5.74, 6) is 0.953. The number of alkyl halides is 1. The van der Waals surface area contributed by atoms with Crippen molar-refractivity contribution in [2.75, 3.05) is 20.1 Å². The summed E-state index contributed by atoms with van der Waals surface area (Å²) in [6, 6.07) is 1.80. The number of amides is 1. The molecule has 3 atom stereocenters. The van der Waals surface area contributed by atoms with Crippen LogP contribution in [0.15, 0.2) is 30.6 Å². The van der Waals surface area contributed by atoms with E-state index in [1.807, 2.05) is 7.05 Å². The molecule has 130 valence electrons. The van der Waals surface area contributed by atoms with Crippen LogP contribution in [0.2, 0.25) is 0 Å². The van der Waals surface area contributed by atoms with Gasteiger partial charge in [0.15, 0.2) is 0 Å². The van der Waals surface area contributed by atoms with Crippen molar-refractivity contribution < 1.29 is 9.18 Å². The maximum Gasteiger partial charge on any atom is 0.225 e. The Bertz CT molecular complexity index is 580. The van der Waals surface area contributed by atoms with E-state index < -0.39 is 6.17 Å². The smallest absolute Gasteiger partial charge is 0.225 e. The molecule has 1 fully saturated rings. The monoisotopic (exact) mass is 332 g/mol. The second kappa shape index (κ2) is 7.83. The minimum atomic E-state index is -0.847. The number of carbonyl (C=O) groups is 1. The lowest BCUT2D eigenvalue weighted by Crippen LogP contribution is -2.43. The third-order valence-electron chi connectivity index (χ3n) is 4.92. The van der Waals surface area contributed by atoms with Crippen molar-refractivity contribution in [1.29, 1.82) is 0 Å². The number of nitrogens with zero attached hydrogens (tertiary/aromatic N) is 4. The molecule has 2 aliphatic rings. The maximum atomic E-state index is 13.9. The second-order valence-corrected chi connectivity index (χ2v) is 6.78. The van der Waals surface area contributed by atoms with E-state index in [2.05, 4.69) is 27.0 Å². The quantitative estimate of drug-likeness (QED) is 0.776. The fourth-order valence-electron chi connectivity index (χ4n) is 3.63. The van der Waals surface area contributed by atoms with Crippen LogP contribution in [0.3, 0.4) is 0 Å². The average Bonchev–Trinajstić information content (AvgIpc) is 2.95. The lowest BCUT2D eigenvalue weighted by Gasteiger charge is -2.30. The maximum absolute atomic E-state index is 13.9. The Labute approximate surface area is 142 Å². The number of hydrogen-bond acceptors (Lipinski definition) is 4. The summed E-state index contributed by atoms with van der Waals surface area (Å²) in [4.78, 5) is 24.9. The highest BCUT2D eigenvalue weighted by Crippen LogP contribution is 2.24. The summed E-state index contributed by atoms with van der Waals surface area (Å²) >= 11 is 0. The number of carbonyl (C=O) groups excluding carboxylic acids is 1. The molecule has 1 amide bonds. The van der Waals surface area contributed by atoms with Gasteiger partial charge in [0, 0.05) is 44.5 Å². The van der Waals surface area contributed by atoms with Gasteiger partial charge < -0.3 is 4.90 Å². The molecule has 6 heteroatoms. The first kappa shape index (κ1) is 17.0. The van der Waals surface area contributed by atoms with Crippen LogP contribution in [0.4, 0.5) is 4.39 Å². The fraction of sp³-hybridized carbons (Fsp3) is 0.611. The standard InChI is InChI=1S/C18H25FN4O/c1-22(18(24)14-6-3-2-4-7-14)12-16-10-15(19)11-23(16)13-17-20-8-5-9-21-17/h2-3,5,8-9,14-16H,4,6-7,10-13H2,1H3/t14-,15-,16-/m0/s1. The lowest BCUT2D eigenvalue weighted by molar-refractivity contribution is -0.135. The van der Waals surface area contributed by atoms with Crippen molar-refractivity contribution >= 4 is 5.91 Å². The van der Waals surface area contributed by atoms with Gasteiger partial charge in [0.05, 0.1) is 6.54 Å². The molecule has 1 aliphatic heterocycles. The molecule has 0 aromatic carbocycles. The highest BCUT2D eigenvalue weighted by atomic mass is 19.1. The van der Waals surface area contributed by atoms with Gasteiger partial charge in [0.25, 0.3) is 0 Å². The summed E-state index contributed by atoms with van der Waals surface area (Å²) in [5, 5.41) is 0. The van der Waals surface area contributed by atoms with E-state index in [1.54, 1.807) is 23.4 Å². The zero-order chi connectivity index (χ0) is 16.9. The Balaban J connectivity index is 1.59. The van der Waals surface area contributed by atoms with E-state index in [0.717, 1.165) is 19.3 Å². The summed E-state index contributed by atoms with van der Waals surface area (Å²) in [5.41, 5.74) is 0. The van der Waals surface area contributed by atoms with Crippen LogP contribution in [0.5, 0.6) is 0 Å². The number of allylic oxidation sites excluding steroid dienone is 2. The number of likely N-dealkylation sites (N-methyl/N-ethyl adjacent to an activating group) is 1. The summed E-state index contributed by atoms with van der Waals surface area (Å²) < 4.78 is 13.9. The Kier molecular flexibility index (Phi) is 5.56. The van der Waals surface area contributed by atoms with Gasteiger partial charge in [0.1, 0.15) is 12.0 Å². The molecule has 2 heterocycles. The van der Waals surface area contributed by atoms with Crippen molar-refractivity contribution in [3.8, 4) is 0 Å². The lowest BCUT2D eigenvalue weighted by atomic mass is 9.93. The first-order valence-electron chi connectivity index (χ1n) is 8.67. The molecule has 0 saturated carbocycles. The van der Waals surface area contributed by atoms with Crippen LogP contribution in [0.25, 0.3) is 0 Å². The van der Waals surface area contributed by atoms with Gasteiger partial charge in [-0.1, -0.05) is 12.2 Å². The molecule has 0 radical (unpaired) electrons. The molecule has 1 saturated heterocycles. The summed E-state index contributed by atoms with van der Waals surface area (Å²) in [7, 11) is 1.84. The summed E-state index contributed by atoms with van der Waals surface area (Å²) in [6.07, 6.45) is 9.95. The predicted octanol–water partition coefficient (Wildman–Crippen LogP) is 2.20. The van der Waals surface area contributed by atoms with Crippen LogP contribution in [0, 0.1) is 5.92 Å². The van der Waals surface area contributed by atoms with Crippen molar-refractivity contribution in [3.63, 3.8) is 0 Å². The van der Waals surface area contributed by atoms with Crippen LogP contribution in [-0.2, 0) is 11.3 Å². The second-order valence-electron chi connectivity index (χ2n) is 6.78. The van der Waals surface area contributed by atoms with Crippen molar-refractivity contribution in [3.05, 3.63) is 36.4 Å². The van der Waals surface area contributed by atoms with Crippen LogP contribution >= 0.6 is 0 Å². The molecular weight excluding hydrogens is 307 g/mol. The molecule has 24 heavy (non-hydrogen) atoms. The van der Waals surface area contributed by atoms with Crippen LogP contribution in [0.1, 0.15) is 31.5 Å². The first-order valence-corrected chi connectivity index (χ1v) is 8.67. The minimum Gasteiger partial charge on any atom is -0.344 e. The molecule has 0 spiro atoms. The molecule has 1 aromatic rings. The van der Waals surface area contributed by atoms with Gasteiger partial charge in [0.2, 0.25) is 5.91 Å². The predicted molar refractivity (Wildman–Crippen MR) is 89.9 cm³/mol. The normalized spacial score (nSPS) is 27.3. The molecule has 3 rings (SSSR count). The Hall–Kier alpha value is -1.82. The Morgan fingerprint density at radius 1 is 1.38 bits per heavy atom. The van der Waals surface area contributed by atoms with Crippen LogP contribution in [-0.4, -0.2) is 58.0 Å². The fourth-order valence-corrected chi connectivity index (χ4v) is 3.63. The topological polar surface area (TPSA) is 49.3 Å². The highest BCUT2D eigenvalue weighted by molar-refractivity contribution is 5.79. The molecule has 0 bridgehead atoms. The average molecular weight is 332 g/mol. The van der Waals surface area contributed by atoms with Crippen molar-refractivity contribution in [1.82, 2.24) is 19.8 Å². The van der Waals surface area contributed by atoms with E-state index in [1.165, 1.54) is 0 Å². The van der Waals surface area contributed by atoms with E-state index in [4.69, 9.17) is 0 Å². The Morgan fingerprint density at radius 2 is 2.17 bits per heavy atom. The van der Waals surface area contributed by atoms with E-state index >= 15 is 0 Å². The molecule has 1 aromatic heterocycles. The van der Waals surface area contributed by atoms with Gasteiger partial charge in [-0.25, -0.2) is 14.4 Å². The SMILES string of the molecule is CN(C[C@@H]1C[C@H](F)CN1Cc1ncccn1)C(=O)[C@H]1CC=CCC1. The number of likely N-dealkylation sites (tertiary alicyclic amines) is 1. The van der Waals surface area contributed by atoms with E-state index in [0.29, 0.717) is 31.9 Å². The van der Waals surface area contributed by atoms with Gasteiger partial charge in [-0.2, -0.15) is 0 Å². The van der Waals surface area contributed by atoms with Crippen molar-refractivity contribution in [2.24, 2.45) is 5.92 Å². The molecule has 0 N–H and O–H groups in total. The van der Waals surface area contributed by atoms with Gasteiger partial charge in [-0.3, -0.25) is 9.69 Å². The van der Waals surface area contributed by atoms with E-state index in [9.17, 15) is 9.18 Å². The number of hydrogen-bond donors (Lipinski definition) is 0. The Morgan fingerprint density at radius 3 is 2.88 bits per heavy atom. The molecular formula is C18H25FN4O. The molecule has 5 nitrogen and oxygen atoms in total. The highest BCUT2D eigenvalue weighted by Gasteiger charge is 2.34. The van der Waals surface area contributed by atoms with Gasteiger partial charge in [-0.05, 0) is 31.7 Å². The number of rotatable bonds is 5. The zero-order valence-electron chi connectivity index (χ0n) is 14.1. The number of halogens is 1. The third kappa shape index (κ3) is 4.17. The third-order valence-corrected chi connectivity index (χ3v) is 4.92. The van der Waals surface area contributed by atoms with Gasteiger partial charge in [-0.15, -0.1) is 0 Å².